The summed E-state index contributed by atoms with van der Waals surface area (Å²) < 4.78 is 13.4. The standard InChI is InChI=1S/C13H7ClFN/c14-10-6-4-9(5-7-10)11-2-1-3-13(15)12(11)8-16/h1-7H. The second kappa shape index (κ2) is 4.34. The van der Waals surface area contributed by atoms with Crippen LogP contribution in [0.25, 0.3) is 11.1 Å². The molecule has 0 aliphatic rings. The SMILES string of the molecule is N#Cc1c(F)cccc1-c1ccc(Cl)cc1. The maximum atomic E-state index is 13.4. The smallest absolute Gasteiger partial charge is 0.141 e. The molecule has 0 aliphatic heterocycles. The molecule has 0 bridgehead atoms. The van der Waals surface area contributed by atoms with Gasteiger partial charge in [-0.3, -0.25) is 0 Å². The molecule has 0 saturated heterocycles. The van der Waals surface area contributed by atoms with Crippen LogP contribution in [0.5, 0.6) is 0 Å². The lowest BCUT2D eigenvalue weighted by molar-refractivity contribution is 0.624. The van der Waals surface area contributed by atoms with Gasteiger partial charge in [-0.1, -0.05) is 35.9 Å². The molecule has 2 rings (SSSR count). The summed E-state index contributed by atoms with van der Waals surface area (Å²) in [5.74, 6) is -0.505. The van der Waals surface area contributed by atoms with Gasteiger partial charge >= 0.3 is 0 Å². The summed E-state index contributed by atoms with van der Waals surface area (Å²) in [7, 11) is 0. The first-order valence-corrected chi connectivity index (χ1v) is 5.04. The summed E-state index contributed by atoms with van der Waals surface area (Å²) in [5.41, 5.74) is 1.42. The van der Waals surface area contributed by atoms with Crippen molar-refractivity contribution in [1.82, 2.24) is 0 Å². The van der Waals surface area contributed by atoms with Crippen molar-refractivity contribution in [3.63, 3.8) is 0 Å². The fourth-order valence-electron chi connectivity index (χ4n) is 1.51. The molecule has 1 nitrogen and oxygen atoms in total. The molecule has 0 radical (unpaired) electrons. The predicted molar refractivity (Wildman–Crippen MR) is 61.6 cm³/mol. The molecular formula is C13H7ClFN. The van der Waals surface area contributed by atoms with E-state index in [1.165, 1.54) is 6.07 Å². The first-order valence-electron chi connectivity index (χ1n) is 4.67. The predicted octanol–water partition coefficient (Wildman–Crippen LogP) is 4.02. The summed E-state index contributed by atoms with van der Waals surface area (Å²) >= 11 is 5.76. The van der Waals surface area contributed by atoms with E-state index in [1.54, 1.807) is 36.4 Å². The Morgan fingerprint density at radius 1 is 1.06 bits per heavy atom. The molecule has 3 heteroatoms. The Morgan fingerprint density at radius 3 is 2.38 bits per heavy atom. The van der Waals surface area contributed by atoms with E-state index in [0.29, 0.717) is 10.6 Å². The van der Waals surface area contributed by atoms with Crippen LogP contribution in [0.1, 0.15) is 5.56 Å². The molecule has 0 amide bonds. The average molecular weight is 232 g/mol. The third kappa shape index (κ3) is 1.91. The first kappa shape index (κ1) is 10.7. The molecule has 78 valence electrons. The maximum absolute atomic E-state index is 13.4. The van der Waals surface area contributed by atoms with Crippen LogP contribution in [0.15, 0.2) is 42.5 Å². The molecule has 2 aromatic rings. The van der Waals surface area contributed by atoms with Crippen molar-refractivity contribution in [3.05, 3.63) is 58.9 Å². The molecule has 0 atom stereocenters. The molecule has 0 unspecified atom stereocenters. The Balaban J connectivity index is 2.61. The molecule has 0 aliphatic carbocycles. The summed E-state index contributed by atoms with van der Waals surface area (Å²) in [4.78, 5) is 0. The van der Waals surface area contributed by atoms with Crippen LogP contribution >= 0.6 is 11.6 Å². The molecular weight excluding hydrogens is 225 g/mol. The van der Waals surface area contributed by atoms with Gasteiger partial charge in [0.15, 0.2) is 0 Å². The Hall–Kier alpha value is -1.85. The topological polar surface area (TPSA) is 23.8 Å². The van der Waals surface area contributed by atoms with Gasteiger partial charge in [0.25, 0.3) is 0 Å². The van der Waals surface area contributed by atoms with Gasteiger partial charge in [-0.25, -0.2) is 4.39 Å². The summed E-state index contributed by atoms with van der Waals surface area (Å²) in [6.45, 7) is 0. The zero-order chi connectivity index (χ0) is 11.5. The van der Waals surface area contributed by atoms with Gasteiger partial charge in [0.1, 0.15) is 11.9 Å². The molecule has 2 aromatic carbocycles. The Bertz CT molecular complexity index is 555. The molecule has 0 N–H and O–H groups in total. The van der Waals surface area contributed by atoms with Crippen molar-refractivity contribution in [2.24, 2.45) is 0 Å². The van der Waals surface area contributed by atoms with Crippen LogP contribution in [0.3, 0.4) is 0 Å². The van der Waals surface area contributed by atoms with Gasteiger partial charge in [0.05, 0.1) is 5.56 Å². The maximum Gasteiger partial charge on any atom is 0.141 e. The third-order valence-electron chi connectivity index (χ3n) is 2.28. The first-order chi connectivity index (χ1) is 7.72. The third-order valence-corrected chi connectivity index (χ3v) is 2.53. The van der Waals surface area contributed by atoms with E-state index in [1.807, 2.05) is 6.07 Å². The monoisotopic (exact) mass is 231 g/mol. The highest BCUT2D eigenvalue weighted by atomic mass is 35.5. The lowest BCUT2D eigenvalue weighted by Crippen LogP contribution is -1.88. The van der Waals surface area contributed by atoms with Gasteiger partial charge in [0, 0.05) is 10.6 Å². The minimum absolute atomic E-state index is 0.0600. The van der Waals surface area contributed by atoms with Crippen LogP contribution in [0.2, 0.25) is 5.02 Å². The van der Waals surface area contributed by atoms with E-state index in [9.17, 15) is 4.39 Å². The van der Waals surface area contributed by atoms with Crippen LogP contribution in [-0.4, -0.2) is 0 Å². The zero-order valence-electron chi connectivity index (χ0n) is 8.24. The fraction of sp³-hybridized carbons (Fsp3) is 0. The van der Waals surface area contributed by atoms with Gasteiger partial charge in [-0.05, 0) is 23.8 Å². The van der Waals surface area contributed by atoms with Crippen molar-refractivity contribution < 1.29 is 4.39 Å². The van der Waals surface area contributed by atoms with E-state index in [4.69, 9.17) is 16.9 Å². The lowest BCUT2D eigenvalue weighted by Gasteiger charge is -2.04. The van der Waals surface area contributed by atoms with Crippen molar-refractivity contribution >= 4 is 11.6 Å². The number of nitrogens with zero attached hydrogens (tertiary/aromatic N) is 1. The fourth-order valence-corrected chi connectivity index (χ4v) is 1.63. The summed E-state index contributed by atoms with van der Waals surface area (Å²) in [6.07, 6.45) is 0. The van der Waals surface area contributed by atoms with Crippen LogP contribution < -0.4 is 0 Å². The van der Waals surface area contributed by atoms with Crippen LogP contribution in [0, 0.1) is 17.1 Å². The highest BCUT2D eigenvalue weighted by molar-refractivity contribution is 6.30. The van der Waals surface area contributed by atoms with Gasteiger partial charge < -0.3 is 0 Å². The second-order valence-corrected chi connectivity index (χ2v) is 3.72. The number of halogens is 2. The van der Waals surface area contributed by atoms with Crippen molar-refractivity contribution in [1.29, 1.82) is 5.26 Å². The van der Waals surface area contributed by atoms with Crippen molar-refractivity contribution in [2.75, 3.05) is 0 Å². The molecule has 0 heterocycles. The quantitative estimate of drug-likeness (QED) is 0.727. The minimum atomic E-state index is -0.505. The molecule has 0 fully saturated rings. The molecule has 0 aromatic heterocycles. The van der Waals surface area contributed by atoms with Gasteiger partial charge in [0.2, 0.25) is 0 Å². The lowest BCUT2D eigenvalue weighted by atomic mass is 10.0. The van der Waals surface area contributed by atoms with Crippen LogP contribution in [-0.2, 0) is 0 Å². The minimum Gasteiger partial charge on any atom is -0.206 e. The summed E-state index contributed by atoms with van der Waals surface area (Å²) in [6, 6.07) is 13.4. The Kier molecular flexibility index (Phi) is 2.89. The highest BCUT2D eigenvalue weighted by Gasteiger charge is 2.08. The van der Waals surface area contributed by atoms with Crippen LogP contribution in [0.4, 0.5) is 4.39 Å². The van der Waals surface area contributed by atoms with E-state index >= 15 is 0 Å². The number of hydrogen-bond donors (Lipinski definition) is 0. The number of rotatable bonds is 1. The Labute approximate surface area is 97.7 Å². The van der Waals surface area contributed by atoms with E-state index in [0.717, 1.165) is 5.56 Å². The molecule has 0 saturated carbocycles. The largest absolute Gasteiger partial charge is 0.206 e. The summed E-state index contributed by atoms with van der Waals surface area (Å²) in [5, 5.41) is 9.51. The zero-order valence-corrected chi connectivity index (χ0v) is 9.00. The number of benzene rings is 2. The number of hydrogen-bond acceptors (Lipinski definition) is 1. The van der Waals surface area contributed by atoms with Crippen molar-refractivity contribution in [2.45, 2.75) is 0 Å². The second-order valence-electron chi connectivity index (χ2n) is 3.28. The van der Waals surface area contributed by atoms with E-state index in [-0.39, 0.29) is 5.56 Å². The van der Waals surface area contributed by atoms with Gasteiger partial charge in [-0.15, -0.1) is 0 Å². The highest BCUT2D eigenvalue weighted by Crippen LogP contribution is 2.26. The van der Waals surface area contributed by atoms with Crippen molar-refractivity contribution in [3.8, 4) is 17.2 Å². The number of nitriles is 1. The molecule has 0 spiro atoms. The average Bonchev–Trinajstić information content (AvgIpc) is 2.30. The van der Waals surface area contributed by atoms with E-state index < -0.39 is 5.82 Å². The Morgan fingerprint density at radius 2 is 1.75 bits per heavy atom. The van der Waals surface area contributed by atoms with E-state index in [2.05, 4.69) is 0 Å². The van der Waals surface area contributed by atoms with Gasteiger partial charge in [-0.2, -0.15) is 5.26 Å². The normalized spacial score (nSPS) is 9.81. The molecule has 16 heavy (non-hydrogen) atoms.